The third-order valence-electron chi connectivity index (χ3n) is 3.09. The van der Waals surface area contributed by atoms with Gasteiger partial charge in [-0.2, -0.15) is 18.5 Å². The number of amides is 2. The highest BCUT2D eigenvalue weighted by Gasteiger charge is 2.33. The first-order valence-corrected chi connectivity index (χ1v) is 11.1. The average molecular weight is 457 g/mol. The summed E-state index contributed by atoms with van der Waals surface area (Å²) in [4.78, 5) is 32.7. The van der Waals surface area contributed by atoms with E-state index < -0.39 is 45.7 Å². The first-order chi connectivity index (χ1) is 13.5. The number of rotatable bonds is 2. The number of β-amino-alcohol motifs (C(OH)–C–C–N with tert-alkyl or cyclic N) is 1. The molecule has 0 aliphatic carbocycles. The second-order valence-corrected chi connectivity index (χ2v) is 10.4. The Morgan fingerprint density at radius 2 is 1.33 bits per heavy atom. The molecule has 13 heteroatoms. The lowest BCUT2D eigenvalue weighted by Gasteiger charge is -2.23. The fraction of sp³-hybridized carbons (Fsp3) is 0.882. The van der Waals surface area contributed by atoms with Crippen LogP contribution in [0, 0.1) is 0 Å². The maximum Gasteiger partial charge on any atom is 0.434 e. The Balaban J connectivity index is 0.000000311. The second-order valence-electron chi connectivity index (χ2n) is 8.75. The van der Waals surface area contributed by atoms with Crippen LogP contribution in [0.1, 0.15) is 41.5 Å². The van der Waals surface area contributed by atoms with Crippen molar-refractivity contribution in [1.29, 1.82) is 0 Å². The molecule has 0 radical (unpaired) electrons. The molecule has 2 amide bonds. The fourth-order valence-corrected chi connectivity index (χ4v) is 2.73. The lowest BCUT2D eigenvalue weighted by Crippen LogP contribution is -2.35. The summed E-state index contributed by atoms with van der Waals surface area (Å²) in [6.45, 7) is 10.9. The van der Waals surface area contributed by atoms with Gasteiger partial charge in [-0.25, -0.2) is 9.59 Å². The number of hydroxylamine groups is 4. The minimum absolute atomic E-state index is 0.00626. The van der Waals surface area contributed by atoms with Crippen molar-refractivity contribution < 1.29 is 46.4 Å². The fourth-order valence-electron chi connectivity index (χ4n) is 2.12. The Bertz CT molecular complexity index is 698. The zero-order valence-corrected chi connectivity index (χ0v) is 19.2. The smallest absolute Gasteiger partial charge is 0.434 e. The highest BCUT2D eigenvalue weighted by Crippen LogP contribution is 2.16. The van der Waals surface area contributed by atoms with Crippen molar-refractivity contribution in [1.82, 2.24) is 10.1 Å². The predicted molar refractivity (Wildman–Crippen MR) is 104 cm³/mol. The average Bonchev–Trinajstić information content (AvgIpc) is 3.12. The van der Waals surface area contributed by atoms with Gasteiger partial charge in [0.25, 0.3) is 10.1 Å². The molecule has 1 N–H and O–H groups in total. The Labute approximate surface area is 177 Å². The molecule has 2 heterocycles. The molecule has 2 rings (SSSR count). The Kier molecular flexibility index (Phi) is 8.87. The number of hydrogen-bond acceptors (Lipinski definition) is 10. The van der Waals surface area contributed by atoms with Crippen LogP contribution in [0.4, 0.5) is 9.59 Å². The predicted octanol–water partition coefficient (Wildman–Crippen LogP) is 1.04. The lowest BCUT2D eigenvalue weighted by molar-refractivity contribution is -0.108. The number of aliphatic hydroxyl groups excluding tert-OH is 1. The number of aliphatic hydroxyl groups is 1. The molecule has 0 aromatic carbocycles. The van der Waals surface area contributed by atoms with Gasteiger partial charge in [0.05, 0.1) is 19.3 Å². The zero-order chi connectivity index (χ0) is 23.3. The standard InChI is InChI=1S/C9H17NO6S.C8H15NO4/c1-9(2,3)15-8(11)10-5-7(6-14-10)16-17(4,12)13;1-8(2,3)13-7(11)9-4-6(10)5-12-9/h7H,5-6H2,1-4H3;6,10H,4-5H2,1-3H3/t7-;6-/m00/s1. The van der Waals surface area contributed by atoms with Crippen LogP contribution in [0.15, 0.2) is 0 Å². The van der Waals surface area contributed by atoms with Crippen molar-refractivity contribution in [2.24, 2.45) is 0 Å². The van der Waals surface area contributed by atoms with E-state index in [9.17, 15) is 18.0 Å². The lowest BCUT2D eigenvalue weighted by atomic mass is 10.2. The topological polar surface area (TPSA) is 141 Å². The number of ether oxygens (including phenoxy) is 2. The second kappa shape index (κ2) is 10.1. The van der Waals surface area contributed by atoms with Crippen molar-refractivity contribution in [3.05, 3.63) is 0 Å². The minimum atomic E-state index is -3.55. The van der Waals surface area contributed by atoms with Crippen LogP contribution < -0.4 is 0 Å². The molecule has 12 nitrogen and oxygen atoms in total. The van der Waals surface area contributed by atoms with Gasteiger partial charge in [0, 0.05) is 0 Å². The van der Waals surface area contributed by atoms with E-state index in [1.54, 1.807) is 41.5 Å². The molecule has 0 unspecified atom stereocenters. The van der Waals surface area contributed by atoms with E-state index in [4.69, 9.17) is 28.4 Å². The Morgan fingerprint density at radius 3 is 1.70 bits per heavy atom. The first-order valence-electron chi connectivity index (χ1n) is 9.28. The van der Waals surface area contributed by atoms with Crippen LogP contribution in [-0.2, 0) is 33.5 Å². The third-order valence-corrected chi connectivity index (χ3v) is 3.71. The molecule has 2 saturated heterocycles. The Morgan fingerprint density at radius 1 is 0.900 bits per heavy atom. The summed E-state index contributed by atoms with van der Waals surface area (Å²) >= 11 is 0. The van der Waals surface area contributed by atoms with Crippen LogP contribution in [0.25, 0.3) is 0 Å². The molecular formula is C17H32N2O10S. The molecule has 2 aliphatic heterocycles. The van der Waals surface area contributed by atoms with Gasteiger partial charge < -0.3 is 14.6 Å². The van der Waals surface area contributed by atoms with Crippen molar-refractivity contribution in [3.63, 3.8) is 0 Å². The van der Waals surface area contributed by atoms with Gasteiger partial charge in [-0.3, -0.25) is 13.9 Å². The summed E-state index contributed by atoms with van der Waals surface area (Å²) in [7, 11) is -3.55. The molecule has 0 aromatic rings. The highest BCUT2D eigenvalue weighted by molar-refractivity contribution is 7.86. The molecule has 2 aliphatic rings. The van der Waals surface area contributed by atoms with Gasteiger partial charge in [-0.05, 0) is 41.5 Å². The van der Waals surface area contributed by atoms with Gasteiger partial charge in [0.1, 0.15) is 36.6 Å². The summed E-state index contributed by atoms with van der Waals surface area (Å²) < 4.78 is 36.5. The number of carbonyl (C=O) groups excluding carboxylic acids is 2. The molecule has 2 atom stereocenters. The quantitative estimate of drug-likeness (QED) is 0.599. The van der Waals surface area contributed by atoms with Crippen molar-refractivity contribution in [2.75, 3.05) is 32.6 Å². The summed E-state index contributed by atoms with van der Waals surface area (Å²) in [5, 5.41) is 11.1. The molecular weight excluding hydrogens is 424 g/mol. The van der Waals surface area contributed by atoms with E-state index in [2.05, 4.69) is 0 Å². The van der Waals surface area contributed by atoms with E-state index in [0.717, 1.165) is 16.4 Å². The molecule has 2 fully saturated rings. The van der Waals surface area contributed by atoms with Gasteiger partial charge in [0.15, 0.2) is 0 Å². The molecule has 30 heavy (non-hydrogen) atoms. The van der Waals surface area contributed by atoms with Crippen molar-refractivity contribution in [3.8, 4) is 0 Å². The minimum Gasteiger partial charge on any atom is -0.442 e. The number of hydrogen-bond donors (Lipinski definition) is 1. The summed E-state index contributed by atoms with van der Waals surface area (Å²) in [6, 6.07) is 0. The monoisotopic (exact) mass is 456 g/mol. The normalized spacial score (nSPS) is 22.4. The van der Waals surface area contributed by atoms with E-state index in [1.165, 1.54) is 0 Å². The molecule has 0 saturated carbocycles. The maximum absolute atomic E-state index is 11.5. The SMILES string of the molecule is CC(C)(C)OC(=O)N1C[C@H](O)CO1.CC(C)(C)OC(=O)N1C[C@H](OS(C)(=O)=O)CO1. The molecule has 0 bridgehead atoms. The van der Waals surface area contributed by atoms with E-state index in [0.29, 0.717) is 0 Å². The maximum atomic E-state index is 11.5. The van der Waals surface area contributed by atoms with Crippen molar-refractivity contribution in [2.45, 2.75) is 65.0 Å². The van der Waals surface area contributed by atoms with Crippen LogP contribution >= 0.6 is 0 Å². The van der Waals surface area contributed by atoms with E-state index in [-0.39, 0.29) is 26.3 Å². The largest absolute Gasteiger partial charge is 0.442 e. The third kappa shape index (κ3) is 10.9. The van der Waals surface area contributed by atoms with Crippen LogP contribution in [0.2, 0.25) is 0 Å². The van der Waals surface area contributed by atoms with E-state index in [1.807, 2.05) is 0 Å². The van der Waals surface area contributed by atoms with Crippen LogP contribution in [0.5, 0.6) is 0 Å². The Hall–Kier alpha value is -1.67. The van der Waals surface area contributed by atoms with Crippen LogP contribution in [0.3, 0.4) is 0 Å². The highest BCUT2D eigenvalue weighted by atomic mass is 32.2. The molecule has 0 spiro atoms. The first kappa shape index (κ1) is 26.4. The number of carbonyl (C=O) groups is 2. The van der Waals surface area contributed by atoms with Gasteiger partial charge in [-0.15, -0.1) is 0 Å². The molecule has 176 valence electrons. The summed E-state index contributed by atoms with van der Waals surface area (Å²) in [5.41, 5.74) is -1.16. The van der Waals surface area contributed by atoms with Gasteiger partial charge >= 0.3 is 12.2 Å². The van der Waals surface area contributed by atoms with Crippen LogP contribution in [-0.4, -0.2) is 91.8 Å². The summed E-state index contributed by atoms with van der Waals surface area (Å²) in [6.07, 6.45) is -1.55. The van der Waals surface area contributed by atoms with Crippen molar-refractivity contribution >= 4 is 22.3 Å². The zero-order valence-electron chi connectivity index (χ0n) is 18.4. The van der Waals surface area contributed by atoms with Gasteiger partial charge in [0.2, 0.25) is 0 Å². The molecule has 0 aromatic heterocycles. The van der Waals surface area contributed by atoms with E-state index >= 15 is 0 Å². The summed E-state index contributed by atoms with van der Waals surface area (Å²) in [5.74, 6) is 0. The number of nitrogens with zero attached hydrogens (tertiary/aromatic N) is 2. The van der Waals surface area contributed by atoms with Gasteiger partial charge in [-0.1, -0.05) is 0 Å².